The molecule has 0 aromatic heterocycles. The molecule has 0 atom stereocenters. The van der Waals surface area contributed by atoms with Crippen molar-refractivity contribution >= 4 is 108 Å². The second-order valence-corrected chi connectivity index (χ2v) is 8.80. The molecular weight excluding hydrogens is 729 g/mol. The van der Waals surface area contributed by atoms with Crippen LogP contribution in [0.4, 0.5) is 22.7 Å². The molecule has 0 aliphatic heterocycles. The van der Waals surface area contributed by atoms with Crippen LogP contribution in [0.15, 0.2) is 121 Å². The summed E-state index contributed by atoms with van der Waals surface area (Å²) in [7, 11) is 0. The van der Waals surface area contributed by atoms with Crippen LogP contribution in [0, 0.1) is 0 Å². The normalized spacial score (nSPS) is 8.49. The number of hydrogen-bond donors (Lipinski definition) is 2. The quantitative estimate of drug-likeness (QED) is 0.124. The van der Waals surface area contributed by atoms with E-state index in [-0.39, 0.29) is 85.4 Å². The average molecular weight is 751 g/mol. The first-order chi connectivity index (χ1) is 15.6. The van der Waals surface area contributed by atoms with E-state index in [0.29, 0.717) is 8.64 Å². The van der Waals surface area contributed by atoms with Crippen LogP contribution in [0.3, 0.4) is 0 Å². The van der Waals surface area contributed by atoms with Crippen molar-refractivity contribution in [3.63, 3.8) is 0 Å². The van der Waals surface area contributed by atoms with E-state index >= 15 is 0 Å². The van der Waals surface area contributed by atoms with Crippen molar-refractivity contribution in [2.45, 2.75) is 0 Å². The number of para-hydroxylation sites is 4. The number of rotatable bonds is 4. The molecule has 4 aromatic rings. The molecule has 0 radical (unpaired) electrons. The number of anilines is 4. The Bertz CT molecular complexity index is 970. The van der Waals surface area contributed by atoms with Gasteiger partial charge < -0.3 is 27.0 Å². The zero-order chi connectivity index (χ0) is 22.8. The molecule has 4 aromatic carbocycles. The van der Waals surface area contributed by atoms with E-state index in [1.807, 2.05) is 131 Å². The van der Waals surface area contributed by atoms with Gasteiger partial charge in [0.1, 0.15) is 8.64 Å². The molecule has 176 valence electrons. The fourth-order valence-corrected chi connectivity index (χ4v) is 3.93. The molecule has 37 heavy (non-hydrogen) atoms. The molecule has 0 amide bonds. The van der Waals surface area contributed by atoms with Crippen LogP contribution in [-0.2, 0) is 85.4 Å². The predicted molar refractivity (Wildman–Crippen MR) is 168 cm³/mol. The van der Waals surface area contributed by atoms with Crippen molar-refractivity contribution in [3.8, 4) is 0 Å². The van der Waals surface area contributed by atoms with E-state index in [1.54, 1.807) is 0 Å². The first kappa shape index (κ1) is 41.4. The molecule has 0 unspecified atom stereocenters. The van der Waals surface area contributed by atoms with Crippen LogP contribution < -0.4 is 9.80 Å². The smallest absolute Gasteiger partial charge is 2.00 e. The Hall–Kier alpha value is -0.0699. The molecule has 0 saturated heterocycles. The van der Waals surface area contributed by atoms with Crippen molar-refractivity contribution in [1.82, 2.24) is 0 Å². The summed E-state index contributed by atoms with van der Waals surface area (Å²) >= 11 is 18.9. The summed E-state index contributed by atoms with van der Waals surface area (Å²) < 4.78 is 1.08. The summed E-state index contributed by atoms with van der Waals surface area (Å²) in [5.41, 5.74) is 4.09. The van der Waals surface area contributed by atoms with Gasteiger partial charge in [-0.3, -0.25) is 9.80 Å². The van der Waals surface area contributed by atoms with Gasteiger partial charge in [-0.15, -0.1) is 25.3 Å². The van der Waals surface area contributed by atoms with Crippen LogP contribution in [0.2, 0.25) is 0 Å². The van der Waals surface area contributed by atoms with E-state index in [0.717, 1.165) is 22.7 Å². The predicted octanol–water partition coefficient (Wildman–Crippen LogP) is 8.07. The molecule has 0 bridgehead atoms. The van der Waals surface area contributed by atoms with Crippen LogP contribution in [0.25, 0.3) is 0 Å². The maximum Gasteiger partial charge on any atom is 2.00 e. The third kappa shape index (κ3) is 13.2. The topological polar surface area (TPSA) is 6.48 Å². The molecule has 0 saturated carbocycles. The third-order valence-corrected chi connectivity index (χ3v) is 5.21. The fourth-order valence-electron chi connectivity index (χ4n) is 3.05. The van der Waals surface area contributed by atoms with E-state index in [1.165, 1.54) is 0 Å². The summed E-state index contributed by atoms with van der Waals surface area (Å²) in [6.45, 7) is 0. The number of thiocarbonyl (C=S) groups is 2. The maximum absolute atomic E-state index is 5.17. The number of hydrogen-bond acceptors (Lipinski definition) is 2. The minimum atomic E-state index is 0. The molecule has 0 heterocycles. The van der Waals surface area contributed by atoms with Gasteiger partial charge in [-0.1, -0.05) is 97.2 Å². The van der Waals surface area contributed by atoms with Crippen LogP contribution >= 0.6 is 49.7 Å². The Kier molecular flexibility index (Phi) is 25.4. The number of nitrogens with zero attached hydrogens (tertiary/aromatic N) is 2. The number of thiol groups is 2. The van der Waals surface area contributed by atoms with Gasteiger partial charge in [-0.2, -0.15) is 0 Å². The summed E-state index contributed by atoms with van der Waals surface area (Å²) in [4.78, 5) is 3.86. The van der Waals surface area contributed by atoms with Gasteiger partial charge in [-0.05, 0) is 48.5 Å². The molecule has 0 N–H and O–H groups in total. The first-order valence-corrected chi connectivity index (χ1v) is 11.6. The maximum atomic E-state index is 5.17. The van der Waals surface area contributed by atoms with Crippen molar-refractivity contribution in [1.29, 1.82) is 0 Å². The first-order valence-electron chi connectivity index (χ1n) is 9.84. The minimum Gasteiger partial charge on any atom is -2.00 e. The molecule has 2 nitrogen and oxygen atoms in total. The van der Waals surface area contributed by atoms with Crippen molar-refractivity contribution in [2.75, 3.05) is 9.80 Å². The van der Waals surface area contributed by atoms with Gasteiger partial charge in [-0.25, -0.2) is 0 Å². The average Bonchev–Trinajstić information content (AvgIpc) is 2.82. The van der Waals surface area contributed by atoms with Crippen molar-refractivity contribution < 1.29 is 58.4 Å². The molecule has 0 fully saturated rings. The standard InChI is InChI=1S/2C13H11NS2.2S.3Zn/c2*15-13(16)14(11-7-3-1-4-8-11)12-9-5-2-6-10-12;;;;;/h2*1-10H,(H,15,16);;;;;/q;;2*-2;3*+2. The summed E-state index contributed by atoms with van der Waals surface area (Å²) in [6.07, 6.45) is 0. The summed E-state index contributed by atoms with van der Waals surface area (Å²) in [6, 6.07) is 39.9. The SMILES string of the molecule is S=C(S)N(c1ccccc1)c1ccccc1.S=C(S)N(c1ccccc1)c1ccccc1.[S-2].[S-2].[Zn+2].[Zn+2].[Zn+2]. The second-order valence-electron chi connectivity index (χ2n) is 6.58. The number of benzene rings is 4. The van der Waals surface area contributed by atoms with E-state index in [9.17, 15) is 0 Å². The summed E-state index contributed by atoms with van der Waals surface area (Å²) in [5.74, 6) is 0. The zero-order valence-corrected chi connectivity index (χ0v) is 34.0. The molecule has 0 spiro atoms. The Morgan fingerprint density at radius 2 is 0.568 bits per heavy atom. The minimum absolute atomic E-state index is 0. The van der Waals surface area contributed by atoms with Crippen LogP contribution in [0.1, 0.15) is 0 Å². The van der Waals surface area contributed by atoms with E-state index in [2.05, 4.69) is 25.3 Å². The van der Waals surface area contributed by atoms with Gasteiger partial charge >= 0.3 is 58.4 Å². The van der Waals surface area contributed by atoms with E-state index in [4.69, 9.17) is 24.4 Å². The van der Waals surface area contributed by atoms with Crippen molar-refractivity contribution in [3.05, 3.63) is 121 Å². The van der Waals surface area contributed by atoms with Crippen LogP contribution in [0.5, 0.6) is 0 Å². The fraction of sp³-hybridized carbons (Fsp3) is 0. The van der Waals surface area contributed by atoms with Gasteiger partial charge in [0.25, 0.3) is 0 Å². The van der Waals surface area contributed by atoms with Crippen LogP contribution in [-0.4, -0.2) is 8.64 Å². The molecule has 11 heteroatoms. The largest absolute Gasteiger partial charge is 2.00 e. The Balaban J connectivity index is -0.000000550. The molecule has 0 aliphatic rings. The monoisotopic (exact) mass is 746 g/mol. The van der Waals surface area contributed by atoms with Crippen molar-refractivity contribution in [2.24, 2.45) is 0 Å². The molecule has 4 rings (SSSR count). The molecular formula is C26H22N2S6Zn3+2. The van der Waals surface area contributed by atoms with Gasteiger partial charge in [0.2, 0.25) is 0 Å². The molecule has 0 aliphatic carbocycles. The van der Waals surface area contributed by atoms with E-state index < -0.39 is 0 Å². The van der Waals surface area contributed by atoms with Gasteiger partial charge in [0.05, 0.1) is 0 Å². The Morgan fingerprint density at radius 1 is 0.405 bits per heavy atom. The Labute approximate surface area is 294 Å². The van der Waals surface area contributed by atoms with Gasteiger partial charge in [0, 0.05) is 22.7 Å². The second kappa shape index (κ2) is 22.7. The third-order valence-electron chi connectivity index (χ3n) is 4.44. The zero-order valence-electron chi connectivity index (χ0n) is 20.1. The Morgan fingerprint density at radius 3 is 0.703 bits per heavy atom. The van der Waals surface area contributed by atoms with Gasteiger partial charge in [0.15, 0.2) is 0 Å². The summed E-state index contributed by atoms with van der Waals surface area (Å²) in [5, 5.41) is 0.